The van der Waals surface area contributed by atoms with E-state index in [0.717, 1.165) is 6.26 Å². The van der Waals surface area contributed by atoms with Gasteiger partial charge in [0.15, 0.2) is 16.1 Å². The quantitative estimate of drug-likeness (QED) is 0.522. The van der Waals surface area contributed by atoms with Gasteiger partial charge in [-0.25, -0.2) is 13.2 Å². The van der Waals surface area contributed by atoms with E-state index in [-0.39, 0.29) is 0 Å². The number of carbonyl (C=O) groups is 1. The Morgan fingerprint density at radius 3 is 2.21 bits per heavy atom. The minimum Gasteiger partial charge on any atom is -0.439 e. The molecular formula is C5H8F3NO4S. The zero-order chi connectivity index (χ0) is 11.6. The molecule has 0 radical (unpaired) electrons. The molecule has 2 N–H and O–H groups in total. The summed E-state index contributed by atoms with van der Waals surface area (Å²) < 4.78 is 59.4. The van der Waals surface area contributed by atoms with Gasteiger partial charge in [-0.15, -0.1) is 0 Å². The highest BCUT2D eigenvalue weighted by Gasteiger charge is 2.42. The van der Waals surface area contributed by atoms with E-state index in [0.29, 0.717) is 0 Å². The largest absolute Gasteiger partial charge is 0.490 e. The Bertz CT molecular complexity index is 309. The topological polar surface area (TPSA) is 86.5 Å². The Kier molecular flexibility index (Phi) is 3.89. The molecule has 0 aliphatic carbocycles. The maximum absolute atomic E-state index is 11.6. The molecule has 5 nitrogen and oxygen atoms in total. The van der Waals surface area contributed by atoms with Gasteiger partial charge in [0, 0.05) is 6.26 Å². The van der Waals surface area contributed by atoms with Crippen LogP contribution in [0.15, 0.2) is 0 Å². The smallest absolute Gasteiger partial charge is 0.439 e. The van der Waals surface area contributed by atoms with Crippen molar-refractivity contribution >= 4 is 15.8 Å². The monoisotopic (exact) mass is 235 g/mol. The average molecular weight is 235 g/mol. The number of hydrogen-bond donors (Lipinski definition) is 1. The van der Waals surface area contributed by atoms with Crippen LogP contribution in [0.1, 0.15) is 0 Å². The molecule has 0 saturated carbocycles. The van der Waals surface area contributed by atoms with Gasteiger partial charge in [-0.1, -0.05) is 0 Å². The normalized spacial score (nSPS) is 14.9. The highest BCUT2D eigenvalue weighted by molar-refractivity contribution is 7.90. The molecule has 0 aromatic heterocycles. The number of rotatable bonds is 3. The van der Waals surface area contributed by atoms with Gasteiger partial charge in [0.1, 0.15) is 5.75 Å². The van der Waals surface area contributed by atoms with E-state index in [9.17, 15) is 26.4 Å². The summed E-state index contributed by atoms with van der Waals surface area (Å²) in [6, 6.07) is 0. The molecule has 84 valence electrons. The lowest BCUT2D eigenvalue weighted by atomic mass is 10.6. The highest BCUT2D eigenvalue weighted by atomic mass is 32.2. The van der Waals surface area contributed by atoms with Gasteiger partial charge in [-0.3, -0.25) is 5.73 Å². The molecule has 0 amide bonds. The first-order chi connectivity index (χ1) is 6.02. The molecule has 0 aromatic rings. The Labute approximate surface area is 77.9 Å². The van der Waals surface area contributed by atoms with Crippen LogP contribution in [-0.2, 0) is 19.4 Å². The summed E-state index contributed by atoms with van der Waals surface area (Å²) >= 11 is 0. The zero-order valence-corrected chi connectivity index (χ0v) is 7.85. The van der Waals surface area contributed by atoms with Crippen LogP contribution in [0.4, 0.5) is 13.2 Å². The van der Waals surface area contributed by atoms with E-state index >= 15 is 0 Å². The Balaban J connectivity index is 4.22. The third kappa shape index (κ3) is 5.75. The van der Waals surface area contributed by atoms with Crippen molar-refractivity contribution < 1.29 is 31.1 Å². The Hall–Kier alpha value is -0.830. The number of halogens is 3. The minimum absolute atomic E-state index is 0.758. The van der Waals surface area contributed by atoms with Crippen molar-refractivity contribution in [2.24, 2.45) is 5.73 Å². The molecule has 0 aromatic carbocycles. The minimum atomic E-state index is -5.17. The number of ether oxygens (including phenoxy) is 1. The standard InChI is InChI=1S/C5H8F3NO4S/c1-14(11,12)2-3(9)13-4(10)5(6,7)8/h3H,2,9H2,1H3. The zero-order valence-electron chi connectivity index (χ0n) is 7.04. The van der Waals surface area contributed by atoms with E-state index in [1.165, 1.54) is 0 Å². The molecular weight excluding hydrogens is 227 g/mol. The van der Waals surface area contributed by atoms with Gasteiger partial charge in [0.2, 0.25) is 0 Å². The molecule has 9 heteroatoms. The first-order valence-electron chi connectivity index (χ1n) is 3.23. The first kappa shape index (κ1) is 13.2. The van der Waals surface area contributed by atoms with Crippen molar-refractivity contribution in [2.75, 3.05) is 12.0 Å². The number of carbonyl (C=O) groups excluding carboxylic acids is 1. The molecule has 0 heterocycles. The highest BCUT2D eigenvalue weighted by Crippen LogP contribution is 2.16. The molecule has 0 aliphatic heterocycles. The fourth-order valence-corrected chi connectivity index (χ4v) is 1.20. The summed E-state index contributed by atoms with van der Waals surface area (Å²) in [5, 5.41) is 0. The molecule has 0 spiro atoms. The maximum Gasteiger partial charge on any atom is 0.490 e. The molecule has 0 rings (SSSR count). The lowest BCUT2D eigenvalue weighted by Gasteiger charge is -2.12. The summed E-state index contributed by atoms with van der Waals surface area (Å²) in [6.45, 7) is 0. The van der Waals surface area contributed by atoms with Gasteiger partial charge < -0.3 is 4.74 Å². The number of sulfone groups is 1. The molecule has 0 aliphatic rings. The van der Waals surface area contributed by atoms with E-state index < -0.39 is 34.0 Å². The number of hydrogen-bond acceptors (Lipinski definition) is 5. The second kappa shape index (κ2) is 4.13. The summed E-state index contributed by atoms with van der Waals surface area (Å²) in [5.41, 5.74) is 4.84. The van der Waals surface area contributed by atoms with Crippen molar-refractivity contribution in [3.63, 3.8) is 0 Å². The van der Waals surface area contributed by atoms with Gasteiger partial charge in [-0.2, -0.15) is 13.2 Å². The van der Waals surface area contributed by atoms with E-state index in [4.69, 9.17) is 5.73 Å². The number of nitrogens with two attached hydrogens (primary N) is 1. The summed E-state index contributed by atoms with van der Waals surface area (Å²) in [5.74, 6) is -3.36. The van der Waals surface area contributed by atoms with E-state index in [2.05, 4.69) is 4.74 Å². The van der Waals surface area contributed by atoms with Crippen LogP contribution >= 0.6 is 0 Å². The number of alkyl halides is 3. The summed E-state index contributed by atoms with van der Waals surface area (Å²) in [6.07, 6.45) is -6.22. The second-order valence-corrected chi connectivity index (χ2v) is 4.72. The first-order valence-corrected chi connectivity index (χ1v) is 5.29. The van der Waals surface area contributed by atoms with Crippen LogP contribution in [-0.4, -0.2) is 38.8 Å². The molecule has 1 unspecified atom stereocenters. The second-order valence-electron chi connectivity index (χ2n) is 2.53. The van der Waals surface area contributed by atoms with Crippen LogP contribution in [0.25, 0.3) is 0 Å². The van der Waals surface area contributed by atoms with Crippen molar-refractivity contribution in [2.45, 2.75) is 12.4 Å². The molecule has 0 bridgehead atoms. The van der Waals surface area contributed by atoms with Crippen LogP contribution < -0.4 is 5.73 Å². The van der Waals surface area contributed by atoms with Crippen LogP contribution in [0.2, 0.25) is 0 Å². The Morgan fingerprint density at radius 2 is 1.93 bits per heavy atom. The van der Waals surface area contributed by atoms with Gasteiger partial charge >= 0.3 is 12.1 Å². The van der Waals surface area contributed by atoms with E-state index in [1.807, 2.05) is 0 Å². The summed E-state index contributed by atoms with van der Waals surface area (Å²) in [7, 11) is -3.58. The molecule has 0 saturated heterocycles. The lowest BCUT2D eigenvalue weighted by Crippen LogP contribution is -2.38. The van der Waals surface area contributed by atoms with Crippen molar-refractivity contribution in [3.05, 3.63) is 0 Å². The molecule has 14 heavy (non-hydrogen) atoms. The van der Waals surface area contributed by atoms with Crippen LogP contribution in [0.3, 0.4) is 0 Å². The molecule has 1 atom stereocenters. The summed E-state index contributed by atoms with van der Waals surface area (Å²) in [4.78, 5) is 10.1. The molecule has 0 fully saturated rings. The third-order valence-electron chi connectivity index (χ3n) is 0.957. The fourth-order valence-electron chi connectivity index (χ4n) is 0.537. The third-order valence-corrected chi connectivity index (χ3v) is 1.89. The predicted molar refractivity (Wildman–Crippen MR) is 39.8 cm³/mol. The van der Waals surface area contributed by atoms with Gasteiger partial charge in [0.25, 0.3) is 0 Å². The predicted octanol–water partition coefficient (Wildman–Crippen LogP) is -0.579. The SMILES string of the molecule is CS(=O)(=O)CC(N)OC(=O)C(F)(F)F. The van der Waals surface area contributed by atoms with Gasteiger partial charge in [0.05, 0.1) is 0 Å². The van der Waals surface area contributed by atoms with Crippen molar-refractivity contribution in [1.29, 1.82) is 0 Å². The fraction of sp³-hybridized carbons (Fsp3) is 0.800. The maximum atomic E-state index is 11.6. The van der Waals surface area contributed by atoms with Crippen molar-refractivity contribution in [1.82, 2.24) is 0 Å². The van der Waals surface area contributed by atoms with Crippen molar-refractivity contribution in [3.8, 4) is 0 Å². The van der Waals surface area contributed by atoms with Crippen LogP contribution in [0, 0.1) is 0 Å². The average Bonchev–Trinajstić information content (AvgIpc) is 1.79. The lowest BCUT2D eigenvalue weighted by molar-refractivity contribution is -0.203. The Morgan fingerprint density at radius 1 is 1.50 bits per heavy atom. The van der Waals surface area contributed by atoms with Gasteiger partial charge in [-0.05, 0) is 0 Å². The van der Waals surface area contributed by atoms with Crippen LogP contribution in [0.5, 0.6) is 0 Å². The number of esters is 1. The van der Waals surface area contributed by atoms with E-state index in [1.54, 1.807) is 0 Å².